The molecular weight excluding hydrogens is 210 g/mol. The summed E-state index contributed by atoms with van der Waals surface area (Å²) in [6, 6.07) is -0.384. The summed E-state index contributed by atoms with van der Waals surface area (Å²) in [5.74, 6) is -1.62. The maximum Gasteiger partial charge on any atom is 0.311 e. The number of carbonyl (C=O) groups is 2. The minimum atomic E-state index is -0.910. The summed E-state index contributed by atoms with van der Waals surface area (Å²) in [6.45, 7) is 4.38. The van der Waals surface area contributed by atoms with Gasteiger partial charge in [0.1, 0.15) is 5.92 Å². The molecule has 1 heterocycles. The highest BCUT2D eigenvalue weighted by Gasteiger charge is 2.35. The monoisotopic (exact) mass is 229 g/mol. The van der Waals surface area contributed by atoms with Gasteiger partial charge >= 0.3 is 5.97 Å². The lowest BCUT2D eigenvalue weighted by Gasteiger charge is -2.19. The second-order valence-electron chi connectivity index (χ2n) is 4.11. The van der Waals surface area contributed by atoms with E-state index in [4.69, 9.17) is 9.84 Å². The van der Waals surface area contributed by atoms with E-state index in [0.29, 0.717) is 6.61 Å². The van der Waals surface area contributed by atoms with Crippen LogP contribution in [0.15, 0.2) is 0 Å². The minimum absolute atomic E-state index is 0.0324. The summed E-state index contributed by atoms with van der Waals surface area (Å²) < 4.78 is 5.08. The Hall–Kier alpha value is -1.10. The second-order valence-corrected chi connectivity index (χ2v) is 4.11. The molecule has 0 aromatic carbocycles. The highest BCUT2D eigenvalue weighted by atomic mass is 16.5. The lowest BCUT2D eigenvalue weighted by Crippen LogP contribution is -2.45. The van der Waals surface area contributed by atoms with Crippen molar-refractivity contribution in [3.8, 4) is 0 Å². The van der Waals surface area contributed by atoms with E-state index < -0.39 is 11.9 Å². The van der Waals surface area contributed by atoms with Crippen molar-refractivity contribution >= 4 is 11.9 Å². The van der Waals surface area contributed by atoms with Crippen molar-refractivity contribution < 1.29 is 19.4 Å². The molecule has 2 N–H and O–H groups in total. The lowest BCUT2D eigenvalue weighted by molar-refractivity contribution is -0.142. The molecule has 92 valence electrons. The average Bonchev–Trinajstić information content (AvgIpc) is 2.67. The Morgan fingerprint density at radius 1 is 1.38 bits per heavy atom. The van der Waals surface area contributed by atoms with Crippen molar-refractivity contribution in [2.75, 3.05) is 13.2 Å². The molecule has 0 spiro atoms. The normalized spacial score (nSPS) is 24.7. The molecule has 0 aliphatic carbocycles. The topological polar surface area (TPSA) is 75.6 Å². The third kappa shape index (κ3) is 2.95. The lowest BCUT2D eigenvalue weighted by atomic mass is 9.99. The first kappa shape index (κ1) is 13.0. The maximum atomic E-state index is 11.8. The Morgan fingerprint density at radius 3 is 2.50 bits per heavy atom. The van der Waals surface area contributed by atoms with Crippen LogP contribution in [0.3, 0.4) is 0 Å². The molecule has 2 atom stereocenters. The van der Waals surface area contributed by atoms with Gasteiger partial charge in [-0.3, -0.25) is 9.59 Å². The van der Waals surface area contributed by atoms with Gasteiger partial charge in [0.25, 0.3) is 0 Å². The van der Waals surface area contributed by atoms with Gasteiger partial charge in [-0.05, 0) is 12.8 Å². The van der Waals surface area contributed by atoms with Crippen molar-refractivity contribution in [3.05, 3.63) is 0 Å². The van der Waals surface area contributed by atoms with Crippen LogP contribution in [0.2, 0.25) is 0 Å². The molecular formula is C11H19NO4. The number of carbonyl (C=O) groups excluding carboxylic acids is 1. The number of amides is 1. The molecule has 5 heteroatoms. The van der Waals surface area contributed by atoms with Crippen molar-refractivity contribution in [1.82, 2.24) is 5.32 Å². The van der Waals surface area contributed by atoms with Crippen LogP contribution < -0.4 is 5.32 Å². The molecule has 5 nitrogen and oxygen atoms in total. The van der Waals surface area contributed by atoms with E-state index in [2.05, 4.69) is 5.32 Å². The largest absolute Gasteiger partial charge is 0.481 e. The van der Waals surface area contributed by atoms with Crippen LogP contribution in [0.25, 0.3) is 0 Å². The average molecular weight is 229 g/mol. The molecule has 0 aromatic rings. The van der Waals surface area contributed by atoms with Crippen LogP contribution in [-0.4, -0.2) is 36.2 Å². The number of rotatable bonds is 5. The smallest absolute Gasteiger partial charge is 0.311 e. The molecule has 2 unspecified atom stereocenters. The summed E-state index contributed by atoms with van der Waals surface area (Å²) >= 11 is 0. The van der Waals surface area contributed by atoms with E-state index in [9.17, 15) is 9.59 Å². The third-order valence-electron chi connectivity index (χ3n) is 3.08. The van der Waals surface area contributed by atoms with E-state index in [1.807, 2.05) is 13.8 Å². The summed E-state index contributed by atoms with van der Waals surface area (Å²) in [7, 11) is 0. The fourth-order valence-corrected chi connectivity index (χ4v) is 1.90. The zero-order valence-corrected chi connectivity index (χ0v) is 9.73. The zero-order chi connectivity index (χ0) is 12.1. The fraction of sp³-hybridized carbons (Fsp3) is 0.818. The van der Waals surface area contributed by atoms with Gasteiger partial charge in [-0.1, -0.05) is 13.8 Å². The third-order valence-corrected chi connectivity index (χ3v) is 3.08. The predicted octanol–water partition coefficient (Wildman–Crippen LogP) is 0.638. The van der Waals surface area contributed by atoms with Crippen molar-refractivity contribution in [2.45, 2.75) is 32.7 Å². The van der Waals surface area contributed by atoms with Gasteiger partial charge in [-0.2, -0.15) is 0 Å². The zero-order valence-electron chi connectivity index (χ0n) is 9.73. The Labute approximate surface area is 95.2 Å². The Balaban J connectivity index is 2.53. The molecule has 1 aliphatic heterocycles. The predicted molar refractivity (Wildman–Crippen MR) is 57.9 cm³/mol. The Kier molecular flexibility index (Phi) is 4.73. The first-order chi connectivity index (χ1) is 7.60. The minimum Gasteiger partial charge on any atom is -0.481 e. The number of ether oxygens (including phenoxy) is 1. The summed E-state index contributed by atoms with van der Waals surface area (Å²) in [5.41, 5.74) is 0. The van der Waals surface area contributed by atoms with Crippen LogP contribution in [-0.2, 0) is 14.3 Å². The molecule has 1 amide bonds. The number of carboxylic acid groups (broad SMARTS) is 1. The molecule has 1 aliphatic rings. The summed E-state index contributed by atoms with van der Waals surface area (Å²) in [4.78, 5) is 22.6. The van der Waals surface area contributed by atoms with Gasteiger partial charge in [-0.25, -0.2) is 0 Å². The number of carboxylic acids is 1. The SMILES string of the molecule is CCC(CC)C(=O)NC1COCC1C(=O)O. The molecule has 1 saturated heterocycles. The number of nitrogens with one attached hydrogen (secondary N) is 1. The molecule has 16 heavy (non-hydrogen) atoms. The van der Waals surface area contributed by atoms with E-state index in [-0.39, 0.29) is 24.5 Å². The van der Waals surface area contributed by atoms with Gasteiger partial charge in [0.05, 0.1) is 19.3 Å². The van der Waals surface area contributed by atoms with Gasteiger partial charge in [0, 0.05) is 5.92 Å². The molecule has 1 rings (SSSR count). The van der Waals surface area contributed by atoms with Crippen LogP contribution in [0.4, 0.5) is 0 Å². The molecule has 0 bridgehead atoms. The highest BCUT2D eigenvalue weighted by Crippen LogP contribution is 2.16. The molecule has 0 aromatic heterocycles. The number of aliphatic carboxylic acids is 1. The summed E-state index contributed by atoms with van der Waals surface area (Å²) in [6.07, 6.45) is 1.54. The van der Waals surface area contributed by atoms with Gasteiger partial charge in [0.2, 0.25) is 5.91 Å². The van der Waals surface area contributed by atoms with Crippen LogP contribution in [0.5, 0.6) is 0 Å². The molecule has 0 radical (unpaired) electrons. The quantitative estimate of drug-likeness (QED) is 0.725. The molecule has 1 fully saturated rings. The Bertz CT molecular complexity index is 263. The van der Waals surface area contributed by atoms with Gasteiger partial charge in [0.15, 0.2) is 0 Å². The summed E-state index contributed by atoms with van der Waals surface area (Å²) in [5, 5.41) is 11.7. The van der Waals surface area contributed by atoms with Crippen molar-refractivity contribution in [2.24, 2.45) is 11.8 Å². The van der Waals surface area contributed by atoms with Crippen molar-refractivity contribution in [3.63, 3.8) is 0 Å². The Morgan fingerprint density at radius 2 is 2.00 bits per heavy atom. The van der Waals surface area contributed by atoms with Gasteiger partial charge in [-0.15, -0.1) is 0 Å². The second kappa shape index (κ2) is 5.84. The van der Waals surface area contributed by atoms with Crippen molar-refractivity contribution in [1.29, 1.82) is 0 Å². The number of hydrogen-bond acceptors (Lipinski definition) is 3. The highest BCUT2D eigenvalue weighted by molar-refractivity contribution is 5.80. The fourth-order valence-electron chi connectivity index (χ4n) is 1.90. The first-order valence-corrected chi connectivity index (χ1v) is 5.71. The van der Waals surface area contributed by atoms with Crippen LogP contribution in [0.1, 0.15) is 26.7 Å². The van der Waals surface area contributed by atoms with E-state index in [1.54, 1.807) is 0 Å². The standard InChI is InChI=1S/C11H19NO4/c1-3-7(4-2)10(13)12-9-6-16-5-8(9)11(14)15/h7-9H,3-6H2,1-2H3,(H,12,13)(H,14,15). The van der Waals surface area contributed by atoms with E-state index >= 15 is 0 Å². The van der Waals surface area contributed by atoms with E-state index in [0.717, 1.165) is 12.8 Å². The van der Waals surface area contributed by atoms with E-state index in [1.165, 1.54) is 0 Å². The van der Waals surface area contributed by atoms with Gasteiger partial charge < -0.3 is 15.2 Å². The maximum absolute atomic E-state index is 11.8. The molecule has 0 saturated carbocycles. The van der Waals surface area contributed by atoms with Crippen LogP contribution in [0, 0.1) is 11.8 Å². The van der Waals surface area contributed by atoms with Crippen LogP contribution >= 0.6 is 0 Å². The number of hydrogen-bond donors (Lipinski definition) is 2. The first-order valence-electron chi connectivity index (χ1n) is 5.71.